The van der Waals surface area contributed by atoms with E-state index in [4.69, 9.17) is 4.74 Å². The van der Waals surface area contributed by atoms with E-state index in [0.29, 0.717) is 19.0 Å². The lowest BCUT2D eigenvalue weighted by Crippen LogP contribution is -2.47. The number of ether oxygens (including phenoxy) is 1. The van der Waals surface area contributed by atoms with Crippen LogP contribution in [0.1, 0.15) is 17.8 Å². The molecule has 0 radical (unpaired) electrons. The van der Waals surface area contributed by atoms with Gasteiger partial charge in [0.25, 0.3) is 0 Å². The van der Waals surface area contributed by atoms with Crippen LogP contribution in [-0.4, -0.2) is 47.0 Å². The number of aliphatic imine (C=N–C) groups is 1. The summed E-state index contributed by atoms with van der Waals surface area (Å²) in [4.78, 5) is 8.33. The Hall–Kier alpha value is -2.05. The lowest BCUT2D eigenvalue weighted by Gasteiger charge is -2.25. The Labute approximate surface area is 177 Å². The molecule has 0 aliphatic carbocycles. The number of aromatic nitrogens is 3. The Balaban J connectivity index is 0.00000280. The molecule has 0 fully saturated rings. The van der Waals surface area contributed by atoms with E-state index < -0.39 is 11.7 Å². The fraction of sp³-hybridized carbons (Fsp3) is 0.471. The van der Waals surface area contributed by atoms with Crippen LogP contribution in [0.2, 0.25) is 0 Å². The maximum absolute atomic E-state index is 12.9. The van der Waals surface area contributed by atoms with Gasteiger partial charge >= 0.3 is 6.18 Å². The molecule has 2 N–H and O–H groups in total. The van der Waals surface area contributed by atoms with Gasteiger partial charge in [0.2, 0.25) is 0 Å². The van der Waals surface area contributed by atoms with E-state index in [1.54, 1.807) is 13.4 Å². The monoisotopic (exact) mass is 510 g/mol. The normalized spacial score (nSPS) is 16.7. The third-order valence-electron chi connectivity index (χ3n) is 4.21. The van der Waals surface area contributed by atoms with Gasteiger partial charge in [-0.3, -0.25) is 4.99 Å². The minimum atomic E-state index is -4.44. The lowest BCUT2D eigenvalue weighted by atomic mass is 10.1. The van der Waals surface area contributed by atoms with Crippen molar-refractivity contribution in [3.05, 3.63) is 42.0 Å². The second kappa shape index (κ2) is 9.94. The number of nitrogens with zero attached hydrogens (tertiary/aromatic N) is 4. The highest BCUT2D eigenvalue weighted by Crippen LogP contribution is 2.35. The molecule has 0 bridgehead atoms. The van der Waals surface area contributed by atoms with Gasteiger partial charge in [0.1, 0.15) is 24.5 Å². The van der Waals surface area contributed by atoms with E-state index in [-0.39, 0.29) is 42.4 Å². The number of rotatable bonds is 5. The molecule has 2 aromatic rings. The number of para-hydroxylation sites is 1. The summed E-state index contributed by atoms with van der Waals surface area (Å²) in [5.74, 6) is 1.35. The molecule has 1 aromatic carbocycles. The molecule has 1 aliphatic heterocycles. The third kappa shape index (κ3) is 5.72. The van der Waals surface area contributed by atoms with Crippen LogP contribution in [-0.2, 0) is 19.1 Å². The third-order valence-corrected chi connectivity index (χ3v) is 4.21. The molecule has 0 amide bonds. The molecule has 0 spiro atoms. The number of benzene rings is 1. The van der Waals surface area contributed by atoms with Crippen molar-refractivity contribution < 1.29 is 17.9 Å². The molecule has 1 unspecified atom stereocenters. The van der Waals surface area contributed by atoms with Gasteiger partial charge in [-0.2, -0.15) is 18.3 Å². The van der Waals surface area contributed by atoms with Crippen LogP contribution in [0.25, 0.3) is 0 Å². The first-order valence-electron chi connectivity index (χ1n) is 8.60. The summed E-state index contributed by atoms with van der Waals surface area (Å²) in [5, 5.41) is 10.5. The van der Waals surface area contributed by atoms with Crippen LogP contribution in [0.4, 0.5) is 13.2 Å². The summed E-state index contributed by atoms with van der Waals surface area (Å²) < 4.78 is 46.0. The number of hydrogen-bond acceptors (Lipinski definition) is 4. The summed E-state index contributed by atoms with van der Waals surface area (Å²) in [6, 6.07) is 5.32. The van der Waals surface area contributed by atoms with Gasteiger partial charge in [0.15, 0.2) is 5.96 Å². The fourth-order valence-corrected chi connectivity index (χ4v) is 2.90. The van der Waals surface area contributed by atoms with Crippen molar-refractivity contribution in [2.24, 2.45) is 4.99 Å². The van der Waals surface area contributed by atoms with E-state index in [9.17, 15) is 13.2 Å². The van der Waals surface area contributed by atoms with Crippen LogP contribution >= 0.6 is 24.0 Å². The zero-order valence-corrected chi connectivity index (χ0v) is 17.6. The summed E-state index contributed by atoms with van der Waals surface area (Å²) in [7, 11) is 1.64. The number of fused-ring (bicyclic) bond motifs is 1. The lowest BCUT2D eigenvalue weighted by molar-refractivity contribution is -0.138. The average molecular weight is 510 g/mol. The first-order valence-corrected chi connectivity index (χ1v) is 8.60. The SMILES string of the molecule is CN=C(NCCOc1ccccc1C(F)(F)F)NC1CCc2ncnn2C1.I. The molecule has 28 heavy (non-hydrogen) atoms. The molecular formula is C17H22F3IN6O. The van der Waals surface area contributed by atoms with Crippen LogP contribution in [0.3, 0.4) is 0 Å². The number of alkyl halides is 3. The number of aryl methyl sites for hydroxylation is 1. The highest BCUT2D eigenvalue weighted by Gasteiger charge is 2.33. The van der Waals surface area contributed by atoms with Crippen LogP contribution in [0, 0.1) is 0 Å². The summed E-state index contributed by atoms with van der Waals surface area (Å²) in [5.41, 5.74) is -0.779. The Bertz CT molecular complexity index is 795. The number of hydrogen-bond donors (Lipinski definition) is 2. The number of guanidine groups is 1. The van der Waals surface area contributed by atoms with E-state index in [0.717, 1.165) is 24.7 Å². The van der Waals surface area contributed by atoms with E-state index in [1.165, 1.54) is 18.2 Å². The van der Waals surface area contributed by atoms with Crippen molar-refractivity contribution >= 4 is 29.9 Å². The van der Waals surface area contributed by atoms with Crippen molar-refractivity contribution in [2.75, 3.05) is 20.2 Å². The van der Waals surface area contributed by atoms with Crippen LogP contribution in [0.5, 0.6) is 5.75 Å². The minimum absolute atomic E-state index is 0. The van der Waals surface area contributed by atoms with Gasteiger partial charge in [-0.1, -0.05) is 12.1 Å². The quantitative estimate of drug-likeness (QED) is 0.280. The summed E-state index contributed by atoms with van der Waals surface area (Å²) >= 11 is 0. The van der Waals surface area contributed by atoms with Gasteiger partial charge in [0, 0.05) is 19.5 Å². The van der Waals surface area contributed by atoms with Crippen LogP contribution in [0.15, 0.2) is 35.6 Å². The Morgan fingerprint density at radius 3 is 2.89 bits per heavy atom. The van der Waals surface area contributed by atoms with Gasteiger partial charge < -0.3 is 15.4 Å². The first kappa shape index (κ1) is 22.2. The standard InChI is InChI=1S/C17H21F3N6O.HI/c1-21-16(25-12-6-7-15-23-11-24-26(15)10-12)22-8-9-27-14-5-3-2-4-13(14)17(18,19)20;/h2-5,11-12H,6-10H2,1H3,(H2,21,22,25);1H. The van der Waals surface area contributed by atoms with Crippen molar-refractivity contribution in [1.29, 1.82) is 0 Å². The van der Waals surface area contributed by atoms with E-state index in [1.807, 2.05) is 4.68 Å². The predicted octanol–water partition coefficient (Wildman–Crippen LogP) is 2.47. The molecule has 0 saturated heterocycles. The van der Waals surface area contributed by atoms with E-state index in [2.05, 4.69) is 25.7 Å². The summed E-state index contributed by atoms with van der Waals surface area (Å²) in [6.07, 6.45) is -1.18. The molecule has 1 aliphatic rings. The van der Waals surface area contributed by atoms with Gasteiger partial charge in [0.05, 0.1) is 18.7 Å². The zero-order chi connectivity index (χ0) is 19.3. The molecule has 0 saturated carbocycles. The topological polar surface area (TPSA) is 76.4 Å². The van der Waals surface area contributed by atoms with Crippen molar-refractivity contribution in [3.8, 4) is 5.75 Å². The summed E-state index contributed by atoms with van der Waals surface area (Å²) in [6.45, 7) is 1.07. The Morgan fingerprint density at radius 1 is 1.36 bits per heavy atom. The molecule has 11 heteroatoms. The largest absolute Gasteiger partial charge is 0.491 e. The highest BCUT2D eigenvalue weighted by atomic mass is 127. The molecule has 154 valence electrons. The van der Waals surface area contributed by atoms with Crippen molar-refractivity contribution in [3.63, 3.8) is 0 Å². The second-order valence-corrected chi connectivity index (χ2v) is 6.08. The molecule has 1 aromatic heterocycles. The Morgan fingerprint density at radius 2 is 2.14 bits per heavy atom. The predicted molar refractivity (Wildman–Crippen MR) is 109 cm³/mol. The van der Waals surface area contributed by atoms with Gasteiger partial charge in [-0.15, -0.1) is 24.0 Å². The molecule has 1 atom stereocenters. The van der Waals surface area contributed by atoms with Gasteiger partial charge in [-0.05, 0) is 18.6 Å². The average Bonchev–Trinajstić information content (AvgIpc) is 3.11. The molecular weight excluding hydrogens is 488 g/mol. The highest BCUT2D eigenvalue weighted by molar-refractivity contribution is 14.0. The maximum atomic E-state index is 12.9. The molecule has 7 nitrogen and oxygen atoms in total. The fourth-order valence-electron chi connectivity index (χ4n) is 2.90. The van der Waals surface area contributed by atoms with Crippen molar-refractivity contribution in [1.82, 2.24) is 25.4 Å². The van der Waals surface area contributed by atoms with E-state index >= 15 is 0 Å². The molecule has 3 rings (SSSR count). The minimum Gasteiger partial charge on any atom is -0.491 e. The maximum Gasteiger partial charge on any atom is 0.419 e. The Kier molecular flexibility index (Phi) is 7.89. The number of halogens is 4. The second-order valence-electron chi connectivity index (χ2n) is 6.08. The van der Waals surface area contributed by atoms with Gasteiger partial charge in [-0.25, -0.2) is 9.67 Å². The van der Waals surface area contributed by atoms with Crippen LogP contribution < -0.4 is 15.4 Å². The first-order chi connectivity index (χ1) is 13.0. The zero-order valence-electron chi connectivity index (χ0n) is 15.2. The number of nitrogens with one attached hydrogen (secondary N) is 2. The smallest absolute Gasteiger partial charge is 0.419 e. The van der Waals surface area contributed by atoms with Crippen molar-refractivity contribution in [2.45, 2.75) is 31.6 Å². The molecule has 2 heterocycles.